The van der Waals surface area contributed by atoms with Gasteiger partial charge in [-0.3, -0.25) is 14.2 Å². The topological polar surface area (TPSA) is 131 Å². The molecule has 10 heteroatoms. The summed E-state index contributed by atoms with van der Waals surface area (Å²) in [5.41, 5.74) is 7.56. The third kappa shape index (κ3) is 5.03. The van der Waals surface area contributed by atoms with Crippen molar-refractivity contribution in [3.63, 3.8) is 0 Å². The number of nitrogens with zero attached hydrogens (tertiary/aromatic N) is 3. The molecule has 0 radical (unpaired) electrons. The lowest BCUT2D eigenvalue weighted by molar-refractivity contribution is -0.190. The molecule has 1 aromatic carbocycles. The van der Waals surface area contributed by atoms with Crippen molar-refractivity contribution in [1.82, 2.24) is 19.9 Å². The molecule has 2 aromatic heterocycles. The minimum absolute atomic E-state index is 0.225. The van der Waals surface area contributed by atoms with Gasteiger partial charge >= 0.3 is 0 Å². The number of methoxy groups -OCH3 is 1. The summed E-state index contributed by atoms with van der Waals surface area (Å²) in [5, 5.41) is 2.92. The number of aromatic nitrogens is 3. The van der Waals surface area contributed by atoms with Crippen molar-refractivity contribution in [2.75, 3.05) is 20.3 Å². The van der Waals surface area contributed by atoms with Crippen LogP contribution in [-0.4, -0.2) is 58.5 Å². The first kappa shape index (κ1) is 24.4. The number of hydrogen-bond donors (Lipinski definition) is 2. The van der Waals surface area contributed by atoms with Gasteiger partial charge in [-0.1, -0.05) is 19.8 Å². The monoisotopic (exact) mass is 479 g/mol. The molecule has 3 N–H and O–H groups in total. The second-order valence-corrected chi connectivity index (χ2v) is 8.17. The van der Waals surface area contributed by atoms with Gasteiger partial charge in [-0.05, 0) is 42.8 Å². The van der Waals surface area contributed by atoms with E-state index in [1.54, 1.807) is 42.5 Å². The van der Waals surface area contributed by atoms with E-state index in [2.05, 4.69) is 15.3 Å². The van der Waals surface area contributed by atoms with Crippen molar-refractivity contribution in [3.05, 3.63) is 60.7 Å². The zero-order chi connectivity index (χ0) is 24.8. The summed E-state index contributed by atoms with van der Waals surface area (Å²) in [7, 11) is 1.61. The highest BCUT2D eigenvalue weighted by Crippen LogP contribution is 2.28. The molecule has 1 fully saturated rings. The van der Waals surface area contributed by atoms with E-state index in [0.717, 1.165) is 24.2 Å². The molecule has 1 atom stereocenters. The number of nitrogens with one attached hydrogen (secondary N) is 1. The van der Waals surface area contributed by atoms with Gasteiger partial charge in [0.15, 0.2) is 5.82 Å². The maximum absolute atomic E-state index is 13.4. The molecule has 184 valence electrons. The second kappa shape index (κ2) is 10.7. The van der Waals surface area contributed by atoms with E-state index >= 15 is 0 Å². The maximum Gasteiger partial charge on any atom is 0.280 e. The van der Waals surface area contributed by atoms with Crippen molar-refractivity contribution < 1.29 is 23.8 Å². The standard InChI is InChI=1S/C25H29N5O5/c1-3-4-7-21(25(24(26)32)34-13-14-35-25)29-23(31)19-6-5-12-27-22(19)30-15-20(28-16-30)17-8-10-18(33-2)11-9-17/h5-6,8-12,15-16,21H,3-4,7,13-14H2,1-2H3,(H2,26,32)(H,29,31). The number of amides is 2. The number of rotatable bonds is 10. The Hall–Kier alpha value is -3.76. The molecule has 1 saturated heterocycles. The highest BCUT2D eigenvalue weighted by Gasteiger charge is 2.50. The highest BCUT2D eigenvalue weighted by atomic mass is 16.7. The van der Waals surface area contributed by atoms with Crippen LogP contribution in [0.1, 0.15) is 36.5 Å². The van der Waals surface area contributed by atoms with Gasteiger partial charge in [-0.25, -0.2) is 9.97 Å². The lowest BCUT2D eigenvalue weighted by atomic mass is 9.99. The van der Waals surface area contributed by atoms with Crippen LogP contribution in [0.15, 0.2) is 55.1 Å². The number of nitrogens with two attached hydrogens (primary N) is 1. The number of pyridine rings is 1. The first-order valence-electron chi connectivity index (χ1n) is 11.5. The molecule has 0 saturated carbocycles. The second-order valence-electron chi connectivity index (χ2n) is 8.17. The minimum Gasteiger partial charge on any atom is -0.497 e. The van der Waals surface area contributed by atoms with Crippen LogP contribution in [0.4, 0.5) is 0 Å². The van der Waals surface area contributed by atoms with Gasteiger partial charge in [-0.2, -0.15) is 0 Å². The van der Waals surface area contributed by atoms with E-state index in [-0.39, 0.29) is 13.2 Å². The summed E-state index contributed by atoms with van der Waals surface area (Å²) in [6, 6.07) is 10.1. The molecule has 1 aliphatic heterocycles. The van der Waals surface area contributed by atoms with Gasteiger partial charge < -0.3 is 25.3 Å². The summed E-state index contributed by atoms with van der Waals surface area (Å²) in [6.45, 7) is 2.47. The first-order valence-corrected chi connectivity index (χ1v) is 11.5. The molecule has 1 aliphatic rings. The first-order chi connectivity index (χ1) is 17.0. The van der Waals surface area contributed by atoms with E-state index in [9.17, 15) is 9.59 Å². The molecule has 0 bridgehead atoms. The zero-order valence-electron chi connectivity index (χ0n) is 19.8. The van der Waals surface area contributed by atoms with Crippen molar-refractivity contribution in [2.45, 2.75) is 38.0 Å². The predicted octanol–water partition coefficient (Wildman–Crippen LogP) is 2.46. The lowest BCUT2D eigenvalue weighted by Crippen LogP contribution is -2.60. The molecule has 3 aromatic rings. The van der Waals surface area contributed by atoms with Crippen molar-refractivity contribution >= 4 is 11.8 Å². The van der Waals surface area contributed by atoms with Gasteiger partial charge in [0.1, 0.15) is 12.1 Å². The van der Waals surface area contributed by atoms with E-state index in [1.807, 2.05) is 31.2 Å². The van der Waals surface area contributed by atoms with Crippen LogP contribution in [-0.2, 0) is 14.3 Å². The number of primary amides is 1. The summed E-state index contributed by atoms with van der Waals surface area (Å²) >= 11 is 0. The Morgan fingerprint density at radius 3 is 2.60 bits per heavy atom. The highest BCUT2D eigenvalue weighted by molar-refractivity contribution is 5.98. The Kier molecular flexibility index (Phi) is 7.42. The van der Waals surface area contributed by atoms with Crippen molar-refractivity contribution in [1.29, 1.82) is 0 Å². The molecule has 0 aliphatic carbocycles. The van der Waals surface area contributed by atoms with Crippen LogP contribution >= 0.6 is 0 Å². The minimum atomic E-state index is -1.69. The summed E-state index contributed by atoms with van der Waals surface area (Å²) in [5.74, 6) is -1.73. The normalized spacial score (nSPS) is 15.5. The molecule has 0 spiro atoms. The average molecular weight is 480 g/mol. The average Bonchev–Trinajstić information content (AvgIpc) is 3.58. The molecular weight excluding hydrogens is 450 g/mol. The van der Waals surface area contributed by atoms with E-state index in [1.165, 1.54) is 0 Å². The fraction of sp³-hybridized carbons (Fsp3) is 0.360. The van der Waals surface area contributed by atoms with Crippen LogP contribution in [0, 0.1) is 0 Å². The number of benzene rings is 1. The largest absolute Gasteiger partial charge is 0.497 e. The Balaban J connectivity index is 1.61. The van der Waals surface area contributed by atoms with Crippen LogP contribution in [0.2, 0.25) is 0 Å². The number of unbranched alkanes of at least 4 members (excludes halogenated alkanes) is 1. The Labute approximate surface area is 203 Å². The van der Waals surface area contributed by atoms with Gasteiger partial charge in [0.2, 0.25) is 0 Å². The fourth-order valence-electron chi connectivity index (χ4n) is 4.07. The van der Waals surface area contributed by atoms with E-state index in [4.69, 9.17) is 19.9 Å². The number of hydrogen-bond acceptors (Lipinski definition) is 7. The Morgan fingerprint density at radius 2 is 1.94 bits per heavy atom. The summed E-state index contributed by atoms with van der Waals surface area (Å²) < 4.78 is 18.2. The summed E-state index contributed by atoms with van der Waals surface area (Å²) in [6.07, 6.45) is 7.07. The van der Waals surface area contributed by atoms with Crippen LogP contribution in [0.5, 0.6) is 5.75 Å². The van der Waals surface area contributed by atoms with Gasteiger partial charge in [0.25, 0.3) is 17.6 Å². The SMILES string of the molecule is CCCCC(NC(=O)c1cccnc1-n1cnc(-c2ccc(OC)cc2)c1)C1(C(N)=O)OCCO1. The van der Waals surface area contributed by atoms with Crippen LogP contribution in [0.3, 0.4) is 0 Å². The third-order valence-corrected chi connectivity index (χ3v) is 5.91. The van der Waals surface area contributed by atoms with Crippen LogP contribution in [0.25, 0.3) is 17.1 Å². The number of imidazole rings is 1. The van der Waals surface area contributed by atoms with Gasteiger partial charge in [0.05, 0.1) is 37.6 Å². The quantitative estimate of drug-likeness (QED) is 0.457. The molecule has 3 heterocycles. The van der Waals surface area contributed by atoms with Crippen LogP contribution < -0.4 is 15.8 Å². The fourth-order valence-corrected chi connectivity index (χ4v) is 4.07. The molecule has 4 rings (SSSR count). The molecular formula is C25H29N5O5. The zero-order valence-corrected chi connectivity index (χ0v) is 19.8. The smallest absolute Gasteiger partial charge is 0.280 e. The van der Waals surface area contributed by atoms with Crippen molar-refractivity contribution in [3.8, 4) is 22.8 Å². The lowest BCUT2D eigenvalue weighted by Gasteiger charge is -2.33. The van der Waals surface area contributed by atoms with Gasteiger partial charge in [0, 0.05) is 18.0 Å². The molecule has 2 amide bonds. The number of carbonyl (C=O) groups excluding carboxylic acids is 2. The maximum atomic E-state index is 13.4. The van der Waals surface area contributed by atoms with Gasteiger partial charge in [-0.15, -0.1) is 0 Å². The van der Waals surface area contributed by atoms with E-state index < -0.39 is 23.6 Å². The Morgan fingerprint density at radius 1 is 1.20 bits per heavy atom. The van der Waals surface area contributed by atoms with Crippen molar-refractivity contribution in [2.24, 2.45) is 5.73 Å². The molecule has 35 heavy (non-hydrogen) atoms. The predicted molar refractivity (Wildman–Crippen MR) is 128 cm³/mol. The molecule has 10 nitrogen and oxygen atoms in total. The number of ether oxygens (including phenoxy) is 3. The molecule has 1 unspecified atom stereocenters. The summed E-state index contributed by atoms with van der Waals surface area (Å²) in [4.78, 5) is 34.6. The third-order valence-electron chi connectivity index (χ3n) is 5.91. The number of carbonyl (C=O) groups is 2. The Bertz CT molecular complexity index is 1170. The van der Waals surface area contributed by atoms with E-state index in [0.29, 0.717) is 23.5 Å².